The second-order valence-electron chi connectivity index (χ2n) is 9.92. The number of carbonyl (C=O) groups is 4. The van der Waals surface area contributed by atoms with Crippen LogP contribution in [0.3, 0.4) is 0 Å². The molecule has 0 aliphatic heterocycles. The number of ether oxygens (including phenoxy) is 2. The maximum atomic E-state index is 13.0. The lowest BCUT2D eigenvalue weighted by Crippen LogP contribution is -2.34. The summed E-state index contributed by atoms with van der Waals surface area (Å²) >= 11 is 0. The maximum Gasteiger partial charge on any atom is 0.255 e. The molecule has 0 bridgehead atoms. The van der Waals surface area contributed by atoms with E-state index in [2.05, 4.69) is 10.6 Å². The molecule has 1 rings (SSSR count). The molecular formula is C26H36N2O6. The highest BCUT2D eigenvalue weighted by atomic mass is 16.5. The highest BCUT2D eigenvalue weighted by molar-refractivity contribution is 6.02. The highest BCUT2D eigenvalue weighted by Crippen LogP contribution is 2.28. The van der Waals surface area contributed by atoms with E-state index in [1.54, 1.807) is 18.2 Å². The minimum Gasteiger partial charge on any atom is -0.491 e. The van der Waals surface area contributed by atoms with Crippen molar-refractivity contribution in [1.82, 2.24) is 10.6 Å². The molecule has 186 valence electrons. The SMILES string of the molecule is CO/C(C(C)=O)=C(/NC(=O)c1cccc(C(=O)N/C(=C(/OC)C(C)=O)C(C)(C)C)c1)C(C)(C)C. The van der Waals surface area contributed by atoms with Gasteiger partial charge in [-0.3, -0.25) is 19.2 Å². The first kappa shape index (κ1) is 28.6. The Morgan fingerprint density at radius 1 is 0.676 bits per heavy atom. The van der Waals surface area contributed by atoms with Gasteiger partial charge in [0, 0.05) is 35.8 Å². The minimum atomic E-state index is -0.586. The fourth-order valence-corrected chi connectivity index (χ4v) is 3.19. The largest absolute Gasteiger partial charge is 0.491 e. The van der Waals surface area contributed by atoms with Crippen LogP contribution in [0, 0.1) is 10.8 Å². The second-order valence-corrected chi connectivity index (χ2v) is 9.92. The van der Waals surface area contributed by atoms with Crippen LogP contribution in [0.5, 0.6) is 0 Å². The molecule has 0 spiro atoms. The monoisotopic (exact) mass is 472 g/mol. The number of nitrogens with one attached hydrogen (secondary N) is 2. The summed E-state index contributed by atoms with van der Waals surface area (Å²) in [5.74, 6) is -1.51. The Labute approximate surface area is 201 Å². The van der Waals surface area contributed by atoms with E-state index in [9.17, 15) is 19.2 Å². The molecule has 2 N–H and O–H groups in total. The van der Waals surface area contributed by atoms with Gasteiger partial charge in [0.25, 0.3) is 11.8 Å². The summed E-state index contributed by atoms with van der Waals surface area (Å²) in [6.07, 6.45) is 0. The predicted octanol–water partition coefficient (Wildman–Crippen LogP) is 4.13. The van der Waals surface area contributed by atoms with Gasteiger partial charge in [0.05, 0.1) is 25.6 Å². The average molecular weight is 473 g/mol. The van der Waals surface area contributed by atoms with Crippen molar-refractivity contribution in [2.45, 2.75) is 55.4 Å². The number of hydrogen-bond donors (Lipinski definition) is 2. The Morgan fingerprint density at radius 3 is 1.24 bits per heavy atom. The van der Waals surface area contributed by atoms with Gasteiger partial charge in [-0.2, -0.15) is 0 Å². The number of ketones is 2. The van der Waals surface area contributed by atoms with Crippen LogP contribution in [-0.2, 0) is 19.1 Å². The van der Waals surface area contributed by atoms with E-state index in [1.807, 2.05) is 41.5 Å². The number of benzene rings is 1. The fraction of sp³-hybridized carbons (Fsp3) is 0.462. The number of allylic oxidation sites excluding steroid dienone is 4. The van der Waals surface area contributed by atoms with Crippen molar-refractivity contribution >= 4 is 23.4 Å². The van der Waals surface area contributed by atoms with Crippen LogP contribution in [0.2, 0.25) is 0 Å². The summed E-state index contributed by atoms with van der Waals surface area (Å²) in [4.78, 5) is 50.1. The molecule has 8 nitrogen and oxygen atoms in total. The molecule has 0 unspecified atom stereocenters. The number of methoxy groups -OCH3 is 2. The van der Waals surface area contributed by atoms with E-state index in [4.69, 9.17) is 9.47 Å². The lowest BCUT2D eigenvalue weighted by molar-refractivity contribution is -0.117. The highest BCUT2D eigenvalue weighted by Gasteiger charge is 2.28. The van der Waals surface area contributed by atoms with E-state index < -0.39 is 22.6 Å². The zero-order valence-electron chi connectivity index (χ0n) is 21.8. The van der Waals surface area contributed by atoms with Crippen molar-refractivity contribution in [3.05, 3.63) is 58.3 Å². The van der Waals surface area contributed by atoms with Crippen LogP contribution in [0.1, 0.15) is 76.1 Å². The Morgan fingerprint density at radius 2 is 1.00 bits per heavy atom. The predicted molar refractivity (Wildman–Crippen MR) is 130 cm³/mol. The van der Waals surface area contributed by atoms with Gasteiger partial charge in [0.1, 0.15) is 0 Å². The first-order chi connectivity index (χ1) is 15.5. The molecule has 8 heteroatoms. The smallest absolute Gasteiger partial charge is 0.255 e. The fourth-order valence-electron chi connectivity index (χ4n) is 3.19. The molecule has 0 atom stereocenters. The van der Waals surface area contributed by atoms with Crippen molar-refractivity contribution in [1.29, 1.82) is 0 Å². The summed E-state index contributed by atoms with van der Waals surface area (Å²) in [5, 5.41) is 5.54. The summed E-state index contributed by atoms with van der Waals surface area (Å²) in [6, 6.07) is 6.13. The zero-order valence-corrected chi connectivity index (χ0v) is 21.8. The molecule has 0 aliphatic rings. The topological polar surface area (TPSA) is 111 Å². The number of rotatable bonds is 8. The lowest BCUT2D eigenvalue weighted by atomic mass is 9.89. The standard InChI is InChI=1S/C26H36N2O6/c1-15(29)19(33-9)21(25(3,4)5)27-23(31)17-12-11-13-18(14-17)24(32)28-22(26(6,7)8)20(34-10)16(2)30/h11-14H,1-10H3,(H,27,31)(H,28,32)/b21-19+,22-20+. The molecule has 0 saturated carbocycles. The molecule has 0 radical (unpaired) electrons. The maximum absolute atomic E-state index is 13.0. The lowest BCUT2D eigenvalue weighted by Gasteiger charge is -2.26. The first-order valence-corrected chi connectivity index (χ1v) is 10.9. The van der Waals surface area contributed by atoms with Crippen LogP contribution in [-0.4, -0.2) is 37.6 Å². The summed E-state index contributed by atoms with van der Waals surface area (Å²) in [7, 11) is 2.74. The van der Waals surface area contributed by atoms with E-state index in [0.717, 1.165) is 0 Å². The number of hydrogen-bond acceptors (Lipinski definition) is 6. The quantitative estimate of drug-likeness (QED) is 0.435. The van der Waals surface area contributed by atoms with E-state index in [1.165, 1.54) is 34.1 Å². The van der Waals surface area contributed by atoms with Crippen LogP contribution in [0.15, 0.2) is 47.2 Å². The number of amides is 2. The third-order valence-corrected chi connectivity index (χ3v) is 4.87. The van der Waals surface area contributed by atoms with Gasteiger partial charge in [0.15, 0.2) is 23.1 Å². The van der Waals surface area contributed by atoms with Gasteiger partial charge in [-0.05, 0) is 18.2 Å². The molecule has 34 heavy (non-hydrogen) atoms. The molecule has 0 saturated heterocycles. The molecule has 0 aliphatic carbocycles. The van der Waals surface area contributed by atoms with Crippen LogP contribution >= 0.6 is 0 Å². The summed E-state index contributed by atoms with van der Waals surface area (Å²) in [5.41, 5.74) is -0.0614. The Balaban J connectivity index is 3.37. The van der Waals surface area contributed by atoms with Gasteiger partial charge >= 0.3 is 0 Å². The van der Waals surface area contributed by atoms with Crippen molar-refractivity contribution in [3.8, 4) is 0 Å². The Hall–Kier alpha value is -3.42. The van der Waals surface area contributed by atoms with E-state index in [0.29, 0.717) is 11.4 Å². The summed E-state index contributed by atoms with van der Waals surface area (Å²) < 4.78 is 10.5. The van der Waals surface area contributed by atoms with Crippen molar-refractivity contribution < 1.29 is 28.7 Å². The third-order valence-electron chi connectivity index (χ3n) is 4.87. The Kier molecular flexibility index (Phi) is 9.37. The third kappa shape index (κ3) is 7.30. The molecule has 0 aromatic heterocycles. The van der Waals surface area contributed by atoms with Crippen LogP contribution in [0.25, 0.3) is 0 Å². The van der Waals surface area contributed by atoms with Gasteiger partial charge in [-0.25, -0.2) is 0 Å². The molecule has 2 amide bonds. The first-order valence-electron chi connectivity index (χ1n) is 10.9. The molecular weight excluding hydrogens is 436 g/mol. The van der Waals surface area contributed by atoms with E-state index >= 15 is 0 Å². The normalized spacial score (nSPS) is 13.2. The average Bonchev–Trinajstić information content (AvgIpc) is 2.71. The van der Waals surface area contributed by atoms with Gasteiger partial charge < -0.3 is 20.1 Å². The van der Waals surface area contributed by atoms with Crippen LogP contribution in [0.4, 0.5) is 0 Å². The van der Waals surface area contributed by atoms with Crippen molar-refractivity contribution in [3.63, 3.8) is 0 Å². The van der Waals surface area contributed by atoms with Crippen molar-refractivity contribution in [2.24, 2.45) is 10.8 Å². The number of carbonyl (C=O) groups excluding carboxylic acids is 4. The summed E-state index contributed by atoms with van der Waals surface area (Å²) in [6.45, 7) is 13.8. The number of Topliss-reactive ketones (excluding diaryl/α,β-unsaturated/α-hetero) is 2. The van der Waals surface area contributed by atoms with E-state index in [-0.39, 0.29) is 34.2 Å². The van der Waals surface area contributed by atoms with Gasteiger partial charge in [0.2, 0.25) is 0 Å². The molecule has 0 fully saturated rings. The minimum absolute atomic E-state index is 0.0611. The molecule has 0 heterocycles. The molecule has 1 aromatic carbocycles. The second kappa shape index (κ2) is 11.1. The van der Waals surface area contributed by atoms with Crippen molar-refractivity contribution in [2.75, 3.05) is 14.2 Å². The Bertz CT molecular complexity index is 957. The molecule has 1 aromatic rings. The van der Waals surface area contributed by atoms with Gasteiger partial charge in [-0.1, -0.05) is 47.6 Å². The van der Waals surface area contributed by atoms with Crippen LogP contribution < -0.4 is 10.6 Å². The zero-order chi connectivity index (χ0) is 26.4. The van der Waals surface area contributed by atoms with Gasteiger partial charge in [-0.15, -0.1) is 0 Å².